The number of nitrogens with one attached hydrogen (secondary N) is 2. The third kappa shape index (κ3) is 5.25. The van der Waals surface area contributed by atoms with Crippen LogP contribution in [0.4, 0.5) is 5.00 Å². The van der Waals surface area contributed by atoms with Crippen LogP contribution in [0.5, 0.6) is 0 Å². The molecule has 3 aromatic rings. The minimum Gasteiger partial charge on any atom is -0.345 e. The number of carbonyl (C=O) groups is 2. The van der Waals surface area contributed by atoms with Crippen LogP contribution in [0.3, 0.4) is 0 Å². The molecule has 2 atom stereocenters. The lowest BCUT2D eigenvalue weighted by Crippen LogP contribution is -2.30. The summed E-state index contributed by atoms with van der Waals surface area (Å²) in [6.45, 7) is 10.8. The van der Waals surface area contributed by atoms with E-state index in [1.165, 1.54) is 4.88 Å². The van der Waals surface area contributed by atoms with Crippen molar-refractivity contribution in [2.75, 3.05) is 5.32 Å². The Bertz CT molecular complexity index is 1170. The Hall–Kier alpha value is -2.92. The van der Waals surface area contributed by atoms with Crippen LogP contribution < -0.4 is 10.6 Å². The number of rotatable bonds is 5. The van der Waals surface area contributed by atoms with Crippen molar-refractivity contribution in [2.45, 2.75) is 59.9 Å². The Balaban J connectivity index is 1.65. The van der Waals surface area contributed by atoms with Crippen molar-refractivity contribution in [1.82, 2.24) is 5.32 Å². The van der Waals surface area contributed by atoms with Gasteiger partial charge in [-0.1, -0.05) is 68.8 Å². The molecule has 0 bridgehead atoms. The van der Waals surface area contributed by atoms with Crippen LogP contribution in [-0.2, 0) is 12.8 Å². The van der Waals surface area contributed by atoms with Gasteiger partial charge in [0.1, 0.15) is 5.00 Å². The number of carbonyl (C=O) groups excluding carboxylic acids is 2. The number of aryl methyl sites for hydroxylation is 1. The van der Waals surface area contributed by atoms with Gasteiger partial charge in [0.15, 0.2) is 0 Å². The maximum absolute atomic E-state index is 13.6. The number of thiophene rings is 1. The molecule has 0 radical (unpaired) electrons. The Labute approximate surface area is 206 Å². The second-order valence-corrected chi connectivity index (χ2v) is 11.5. The maximum Gasteiger partial charge on any atom is 0.256 e. The van der Waals surface area contributed by atoms with Crippen LogP contribution in [0.1, 0.15) is 82.4 Å². The highest BCUT2D eigenvalue weighted by Gasteiger charge is 2.34. The Morgan fingerprint density at radius 1 is 1.00 bits per heavy atom. The summed E-state index contributed by atoms with van der Waals surface area (Å²) in [7, 11) is 0. The van der Waals surface area contributed by atoms with Gasteiger partial charge in [-0.3, -0.25) is 9.59 Å². The molecule has 0 saturated heterocycles. The largest absolute Gasteiger partial charge is 0.345 e. The van der Waals surface area contributed by atoms with Crippen LogP contribution >= 0.6 is 11.3 Å². The average molecular weight is 475 g/mol. The van der Waals surface area contributed by atoms with Crippen molar-refractivity contribution in [2.24, 2.45) is 11.3 Å². The van der Waals surface area contributed by atoms with Crippen LogP contribution in [0.2, 0.25) is 0 Å². The van der Waals surface area contributed by atoms with Gasteiger partial charge in [-0.05, 0) is 67.7 Å². The van der Waals surface area contributed by atoms with Crippen LogP contribution in [0.15, 0.2) is 54.6 Å². The molecule has 178 valence electrons. The highest BCUT2D eigenvalue weighted by molar-refractivity contribution is 7.17. The van der Waals surface area contributed by atoms with E-state index in [0.29, 0.717) is 22.0 Å². The maximum atomic E-state index is 13.6. The van der Waals surface area contributed by atoms with E-state index in [4.69, 9.17) is 0 Å². The van der Waals surface area contributed by atoms with Crippen molar-refractivity contribution in [1.29, 1.82) is 0 Å². The van der Waals surface area contributed by atoms with Crippen molar-refractivity contribution in [3.8, 4) is 0 Å². The summed E-state index contributed by atoms with van der Waals surface area (Å²) >= 11 is 1.57. The number of hydrogen-bond donors (Lipinski definition) is 2. The molecule has 4 rings (SSSR count). The lowest BCUT2D eigenvalue weighted by Gasteiger charge is -2.34. The van der Waals surface area contributed by atoms with E-state index in [1.807, 2.05) is 68.4 Å². The summed E-state index contributed by atoms with van der Waals surface area (Å²) in [5.41, 5.74) is 4.69. The molecule has 2 unspecified atom stereocenters. The van der Waals surface area contributed by atoms with Gasteiger partial charge >= 0.3 is 0 Å². The zero-order chi connectivity index (χ0) is 24.5. The molecule has 2 N–H and O–H groups in total. The number of benzene rings is 2. The highest BCUT2D eigenvalue weighted by atomic mass is 32.1. The van der Waals surface area contributed by atoms with E-state index in [0.717, 1.165) is 36.0 Å². The Morgan fingerprint density at radius 3 is 2.32 bits per heavy atom. The lowest BCUT2D eigenvalue weighted by atomic mass is 9.72. The molecular formula is C29H34N2O2S. The van der Waals surface area contributed by atoms with E-state index in [-0.39, 0.29) is 23.3 Å². The van der Waals surface area contributed by atoms with E-state index >= 15 is 0 Å². The fourth-order valence-corrected chi connectivity index (χ4v) is 5.95. The second-order valence-electron chi connectivity index (χ2n) is 10.4. The number of amides is 2. The molecule has 2 aromatic carbocycles. The van der Waals surface area contributed by atoms with Crippen LogP contribution in [-0.4, -0.2) is 11.8 Å². The molecule has 0 fully saturated rings. The second kappa shape index (κ2) is 9.75. The first-order valence-electron chi connectivity index (χ1n) is 12.0. The van der Waals surface area contributed by atoms with Gasteiger partial charge in [0.25, 0.3) is 11.8 Å². The molecular weight excluding hydrogens is 440 g/mol. The normalized spacial score (nSPS) is 16.4. The molecule has 1 heterocycles. The molecule has 0 spiro atoms. The Morgan fingerprint density at radius 2 is 1.68 bits per heavy atom. The lowest BCUT2D eigenvalue weighted by molar-refractivity contribution is 0.0939. The summed E-state index contributed by atoms with van der Waals surface area (Å²) in [6, 6.07) is 17.3. The van der Waals surface area contributed by atoms with Gasteiger partial charge in [-0.15, -0.1) is 11.3 Å². The quantitative estimate of drug-likeness (QED) is 0.420. The predicted molar refractivity (Wildman–Crippen MR) is 141 cm³/mol. The average Bonchev–Trinajstić information content (AvgIpc) is 3.16. The summed E-state index contributed by atoms with van der Waals surface area (Å²) in [5, 5.41) is 6.89. The topological polar surface area (TPSA) is 58.2 Å². The molecule has 1 aliphatic rings. The third-order valence-electron chi connectivity index (χ3n) is 6.91. The fraction of sp³-hybridized carbons (Fsp3) is 0.379. The summed E-state index contributed by atoms with van der Waals surface area (Å²) in [5.74, 6) is 0.247. The zero-order valence-corrected chi connectivity index (χ0v) is 21.5. The summed E-state index contributed by atoms with van der Waals surface area (Å²) in [6.07, 6.45) is 2.85. The molecule has 0 aliphatic heterocycles. The summed E-state index contributed by atoms with van der Waals surface area (Å²) < 4.78 is 0. The minimum absolute atomic E-state index is 0.123. The smallest absolute Gasteiger partial charge is 0.256 e. The number of anilines is 1. The van der Waals surface area contributed by atoms with E-state index in [9.17, 15) is 9.59 Å². The van der Waals surface area contributed by atoms with E-state index in [1.54, 1.807) is 11.3 Å². The van der Waals surface area contributed by atoms with Gasteiger partial charge in [0, 0.05) is 10.4 Å². The molecule has 1 aliphatic carbocycles. The number of hydrogen-bond acceptors (Lipinski definition) is 3. The third-order valence-corrected chi connectivity index (χ3v) is 8.07. The zero-order valence-electron chi connectivity index (χ0n) is 20.7. The van der Waals surface area contributed by atoms with Crippen LogP contribution in [0.25, 0.3) is 0 Å². The van der Waals surface area contributed by atoms with E-state index < -0.39 is 0 Å². The molecule has 34 heavy (non-hydrogen) atoms. The van der Waals surface area contributed by atoms with Crippen molar-refractivity contribution in [3.63, 3.8) is 0 Å². The van der Waals surface area contributed by atoms with Gasteiger partial charge < -0.3 is 10.6 Å². The number of fused-ring (bicyclic) bond motifs is 1. The molecule has 5 heteroatoms. The molecule has 0 saturated carbocycles. The van der Waals surface area contributed by atoms with Gasteiger partial charge in [0.05, 0.1) is 11.6 Å². The first kappa shape index (κ1) is 24.2. The predicted octanol–water partition coefficient (Wildman–Crippen LogP) is 6.95. The van der Waals surface area contributed by atoms with E-state index in [2.05, 4.69) is 31.4 Å². The minimum atomic E-state index is -0.184. The molecule has 2 amide bonds. The first-order chi connectivity index (χ1) is 16.1. The Kier molecular flexibility index (Phi) is 6.94. The summed E-state index contributed by atoms with van der Waals surface area (Å²) in [4.78, 5) is 27.8. The van der Waals surface area contributed by atoms with Crippen molar-refractivity contribution in [3.05, 3.63) is 87.3 Å². The molecule has 1 aromatic heterocycles. The standard InChI is InChI=1S/C29H34N2O2S/c1-18-11-13-21(14-12-18)26(32)31-28-25(27(33)30-19(2)20-9-7-6-8-10-20)23-16-15-22(29(3,4)5)17-24(23)34-28/h6-14,19,22H,15-17H2,1-5H3,(H,30,33)(H,31,32). The monoisotopic (exact) mass is 474 g/mol. The first-order valence-corrected chi connectivity index (χ1v) is 12.8. The molecule has 4 nitrogen and oxygen atoms in total. The van der Waals surface area contributed by atoms with Crippen molar-refractivity contribution >= 4 is 28.2 Å². The van der Waals surface area contributed by atoms with Gasteiger partial charge in [-0.25, -0.2) is 0 Å². The van der Waals surface area contributed by atoms with Crippen LogP contribution in [0, 0.1) is 18.3 Å². The van der Waals surface area contributed by atoms with Gasteiger partial charge in [0.2, 0.25) is 0 Å². The van der Waals surface area contributed by atoms with Gasteiger partial charge in [-0.2, -0.15) is 0 Å². The highest BCUT2D eigenvalue weighted by Crippen LogP contribution is 2.44. The fourth-order valence-electron chi connectivity index (χ4n) is 4.63. The SMILES string of the molecule is Cc1ccc(C(=O)Nc2sc3c(c2C(=O)NC(C)c2ccccc2)CCC(C(C)(C)C)C3)cc1. The van der Waals surface area contributed by atoms with Crippen molar-refractivity contribution < 1.29 is 9.59 Å².